The Labute approximate surface area is 178 Å². The Bertz CT molecular complexity index is 590. The molecule has 14 heteroatoms. The molecule has 0 amide bonds. The zero-order valence-corrected chi connectivity index (χ0v) is 16.7. The van der Waals surface area contributed by atoms with Gasteiger partial charge in [-0.3, -0.25) is 0 Å². The third kappa shape index (κ3) is 4.87. The first-order valence-electron chi connectivity index (χ1n) is 10.1. The van der Waals surface area contributed by atoms with Crippen molar-refractivity contribution in [2.24, 2.45) is 17.2 Å². The second-order valence-corrected chi connectivity index (χ2v) is 8.25. The third-order valence-electron chi connectivity index (χ3n) is 6.07. The van der Waals surface area contributed by atoms with Crippen molar-refractivity contribution in [3.8, 4) is 0 Å². The van der Waals surface area contributed by atoms with Gasteiger partial charge in [-0.05, 0) is 6.42 Å². The maximum absolute atomic E-state index is 10.8. The van der Waals surface area contributed by atoms with E-state index >= 15 is 0 Å². The van der Waals surface area contributed by atoms with Gasteiger partial charge in [-0.2, -0.15) is 0 Å². The van der Waals surface area contributed by atoms with E-state index in [0.29, 0.717) is 0 Å². The van der Waals surface area contributed by atoms with Crippen LogP contribution in [0, 0.1) is 0 Å². The van der Waals surface area contributed by atoms with Gasteiger partial charge >= 0.3 is 0 Å². The van der Waals surface area contributed by atoms with Crippen LogP contribution >= 0.6 is 0 Å². The van der Waals surface area contributed by atoms with Crippen molar-refractivity contribution in [2.75, 3.05) is 13.2 Å². The molecule has 2 saturated heterocycles. The van der Waals surface area contributed by atoms with Crippen molar-refractivity contribution >= 4 is 0 Å². The van der Waals surface area contributed by atoms with E-state index in [1.54, 1.807) is 0 Å². The topological polar surface area (TPSA) is 257 Å². The van der Waals surface area contributed by atoms with Crippen molar-refractivity contribution < 1.29 is 54.7 Å². The average molecular weight is 455 g/mol. The van der Waals surface area contributed by atoms with E-state index in [2.05, 4.69) is 0 Å². The number of ether oxygens (including phenoxy) is 4. The van der Waals surface area contributed by atoms with Crippen molar-refractivity contribution in [2.45, 2.75) is 92.1 Å². The number of nitrogens with two attached hydrogens (primary N) is 3. The molecule has 3 rings (SSSR count). The van der Waals surface area contributed by atoms with Crippen LogP contribution in [0.2, 0.25) is 0 Å². The Morgan fingerprint density at radius 1 is 0.645 bits per heavy atom. The molecular formula is C17H33N3O11. The summed E-state index contributed by atoms with van der Waals surface area (Å²) in [5.74, 6) is 0. The van der Waals surface area contributed by atoms with Gasteiger partial charge in [-0.15, -0.1) is 0 Å². The lowest BCUT2D eigenvalue weighted by atomic mass is 9.84. The highest BCUT2D eigenvalue weighted by Crippen LogP contribution is 2.31. The molecule has 0 aromatic rings. The van der Waals surface area contributed by atoms with Gasteiger partial charge in [0, 0.05) is 12.1 Å². The van der Waals surface area contributed by atoms with Crippen LogP contribution in [0.25, 0.3) is 0 Å². The van der Waals surface area contributed by atoms with Crippen molar-refractivity contribution in [1.82, 2.24) is 0 Å². The van der Waals surface area contributed by atoms with Crippen LogP contribution in [0.3, 0.4) is 0 Å². The molecule has 2 aliphatic heterocycles. The van der Waals surface area contributed by atoms with Gasteiger partial charge in [-0.1, -0.05) is 0 Å². The molecule has 0 aromatic heterocycles. The fraction of sp³-hybridized carbons (Fsp3) is 1.00. The first-order valence-corrected chi connectivity index (χ1v) is 10.1. The number of rotatable bonds is 6. The van der Waals surface area contributed by atoms with Gasteiger partial charge in [0.2, 0.25) is 0 Å². The normalized spacial score (nSPS) is 53.6. The fourth-order valence-electron chi connectivity index (χ4n) is 4.15. The maximum atomic E-state index is 10.8. The van der Waals surface area contributed by atoms with E-state index in [9.17, 15) is 35.7 Å². The molecule has 0 spiro atoms. The summed E-state index contributed by atoms with van der Waals surface area (Å²) in [5.41, 5.74) is 18.0. The Balaban J connectivity index is 1.70. The molecule has 1 saturated carbocycles. The molecule has 1 aliphatic carbocycles. The summed E-state index contributed by atoms with van der Waals surface area (Å²) < 4.78 is 22.0. The van der Waals surface area contributed by atoms with Crippen LogP contribution in [-0.4, -0.2) is 135 Å². The summed E-state index contributed by atoms with van der Waals surface area (Å²) >= 11 is 0. The molecule has 0 bridgehead atoms. The molecule has 0 aromatic carbocycles. The minimum absolute atomic E-state index is 0.123. The zero-order valence-electron chi connectivity index (χ0n) is 16.7. The minimum atomic E-state index is -1.48. The van der Waals surface area contributed by atoms with E-state index < -0.39 is 98.9 Å². The van der Waals surface area contributed by atoms with Crippen LogP contribution in [-0.2, 0) is 18.9 Å². The van der Waals surface area contributed by atoms with E-state index in [1.807, 2.05) is 0 Å². The summed E-state index contributed by atoms with van der Waals surface area (Å²) in [6.07, 6.45) is -14.3. The third-order valence-corrected chi connectivity index (χ3v) is 6.07. The van der Waals surface area contributed by atoms with Crippen molar-refractivity contribution in [1.29, 1.82) is 0 Å². The maximum Gasteiger partial charge on any atom is 0.187 e. The van der Waals surface area contributed by atoms with Gasteiger partial charge < -0.3 is 71.9 Å². The predicted molar refractivity (Wildman–Crippen MR) is 99.8 cm³/mol. The second kappa shape index (κ2) is 10.1. The molecule has 3 fully saturated rings. The quantitative estimate of drug-likeness (QED) is 0.179. The zero-order chi connectivity index (χ0) is 23.0. The predicted octanol–water partition coefficient (Wildman–Crippen LogP) is -6.62. The molecular weight excluding hydrogens is 422 g/mol. The van der Waals surface area contributed by atoms with Crippen LogP contribution in [0.5, 0.6) is 0 Å². The van der Waals surface area contributed by atoms with Crippen molar-refractivity contribution in [3.63, 3.8) is 0 Å². The van der Waals surface area contributed by atoms with Crippen LogP contribution in [0.15, 0.2) is 0 Å². The van der Waals surface area contributed by atoms with Crippen LogP contribution in [0.1, 0.15) is 6.42 Å². The first-order chi connectivity index (χ1) is 14.6. The van der Waals surface area contributed by atoms with Gasteiger partial charge in [0.05, 0.1) is 19.3 Å². The Hall–Kier alpha value is -0.560. The summed E-state index contributed by atoms with van der Waals surface area (Å²) in [6, 6.07) is -2.78. The highest BCUT2D eigenvalue weighted by molar-refractivity contribution is 5.01. The second-order valence-electron chi connectivity index (χ2n) is 8.25. The molecule has 13 N–H and O–H groups in total. The summed E-state index contributed by atoms with van der Waals surface area (Å²) in [5, 5.41) is 69.3. The van der Waals surface area contributed by atoms with Crippen LogP contribution in [0.4, 0.5) is 0 Å². The van der Waals surface area contributed by atoms with Crippen molar-refractivity contribution in [3.05, 3.63) is 0 Å². The van der Waals surface area contributed by atoms with E-state index in [1.165, 1.54) is 0 Å². The lowest BCUT2D eigenvalue weighted by Gasteiger charge is -2.46. The van der Waals surface area contributed by atoms with E-state index in [0.717, 1.165) is 0 Å². The summed E-state index contributed by atoms with van der Waals surface area (Å²) in [6.45, 7) is -1.16. The van der Waals surface area contributed by atoms with E-state index in [-0.39, 0.29) is 6.42 Å². The van der Waals surface area contributed by atoms with E-state index in [4.69, 9.17) is 36.1 Å². The molecule has 14 nitrogen and oxygen atoms in total. The monoisotopic (exact) mass is 455 g/mol. The fourth-order valence-corrected chi connectivity index (χ4v) is 4.15. The van der Waals surface area contributed by atoms with Gasteiger partial charge in [0.15, 0.2) is 12.6 Å². The lowest BCUT2D eigenvalue weighted by Crippen LogP contribution is -2.67. The highest BCUT2D eigenvalue weighted by Gasteiger charge is 2.51. The molecule has 0 radical (unpaired) electrons. The number of aliphatic hydroxyl groups is 7. The summed E-state index contributed by atoms with van der Waals surface area (Å²) in [4.78, 5) is 0. The van der Waals surface area contributed by atoms with Gasteiger partial charge in [0.1, 0.15) is 54.9 Å². The average Bonchev–Trinajstić information content (AvgIpc) is 3.01. The molecule has 31 heavy (non-hydrogen) atoms. The first kappa shape index (κ1) is 25.1. The van der Waals surface area contributed by atoms with Gasteiger partial charge in [-0.25, -0.2) is 0 Å². The number of hydrogen-bond acceptors (Lipinski definition) is 14. The smallest absolute Gasteiger partial charge is 0.187 e. The van der Waals surface area contributed by atoms with Gasteiger partial charge in [0.25, 0.3) is 0 Å². The number of hydrogen-bond donors (Lipinski definition) is 10. The molecule has 14 atom stereocenters. The molecule has 3 aliphatic rings. The molecule has 5 unspecified atom stereocenters. The SMILES string of the molecule is NC1[C@@H](O[C@@H]2C(N)C[C@@H](N)C(O[C@@H]3O[C@H](CO)[C@H](O)C3O)[C@H]2O)OC(CO)[C@@H](O)[C@@H]1O. The Morgan fingerprint density at radius 2 is 1.10 bits per heavy atom. The Kier molecular flexibility index (Phi) is 8.21. The standard InChI is InChI=1S/C17H33N3O11/c18-4-1-5(19)15(31-17-12(26)10(24)7(3-22)29-17)13(27)14(4)30-16-8(20)11(25)9(23)6(2-21)28-16/h4-17,21-27H,1-3,18-20H2/t4?,5-,6?,7-,8?,9-,10+,11-,12?,13+,14-,15?,16-,17+/m1/s1. The lowest BCUT2D eigenvalue weighted by molar-refractivity contribution is -0.302. The van der Waals surface area contributed by atoms with Crippen LogP contribution < -0.4 is 17.2 Å². The molecule has 2 heterocycles. The minimum Gasteiger partial charge on any atom is -0.394 e. The Morgan fingerprint density at radius 3 is 1.61 bits per heavy atom. The molecule has 182 valence electrons. The summed E-state index contributed by atoms with van der Waals surface area (Å²) in [7, 11) is 0. The number of aliphatic hydroxyl groups excluding tert-OH is 7. The highest BCUT2D eigenvalue weighted by atomic mass is 16.7. The largest absolute Gasteiger partial charge is 0.394 e.